The maximum Gasteiger partial charge on any atom is 0.246 e. The lowest BCUT2D eigenvalue weighted by Crippen LogP contribution is -2.57. The van der Waals surface area contributed by atoms with Crippen LogP contribution in [-0.2, 0) is 25.7 Å². The van der Waals surface area contributed by atoms with Crippen molar-refractivity contribution in [3.63, 3.8) is 0 Å². The minimum Gasteiger partial charge on any atom is -0.359 e. The molecule has 9 heteroatoms. The van der Waals surface area contributed by atoms with Crippen molar-refractivity contribution >= 4 is 35.2 Å². The number of nitrogens with zero attached hydrogens (tertiary/aromatic N) is 1. The molecule has 1 saturated carbocycles. The van der Waals surface area contributed by atoms with Crippen molar-refractivity contribution in [2.75, 3.05) is 11.6 Å². The molecule has 3 aliphatic heterocycles. The molecule has 41 heavy (non-hydrogen) atoms. The van der Waals surface area contributed by atoms with Crippen LogP contribution in [0.25, 0.3) is 0 Å². The monoisotopic (exact) mass is 577 g/mol. The molecule has 6 rings (SSSR count). The zero-order chi connectivity index (χ0) is 28.9. The Kier molecular flexibility index (Phi) is 7.44. The molecular formula is C32H36FN3O4S. The number of halogens is 1. The van der Waals surface area contributed by atoms with Gasteiger partial charge in [-0.2, -0.15) is 0 Å². The molecule has 4 aliphatic rings. The molecule has 3 heterocycles. The second kappa shape index (κ2) is 10.9. The predicted molar refractivity (Wildman–Crippen MR) is 155 cm³/mol. The van der Waals surface area contributed by atoms with Crippen LogP contribution in [0.1, 0.15) is 38.7 Å². The Labute approximate surface area is 244 Å². The van der Waals surface area contributed by atoms with Gasteiger partial charge in [0.05, 0.1) is 17.9 Å². The zero-order valence-corrected chi connectivity index (χ0v) is 24.3. The third-order valence-corrected chi connectivity index (χ3v) is 10.3. The number of nitrogens with one attached hydrogen (secondary N) is 2. The van der Waals surface area contributed by atoms with Gasteiger partial charge in [0.25, 0.3) is 0 Å². The first kappa shape index (κ1) is 28.0. The van der Waals surface area contributed by atoms with Gasteiger partial charge in [0.1, 0.15) is 17.5 Å². The second-order valence-electron chi connectivity index (χ2n) is 11.9. The summed E-state index contributed by atoms with van der Waals surface area (Å²) < 4.78 is 20.1. The van der Waals surface area contributed by atoms with Gasteiger partial charge < -0.3 is 20.3 Å². The highest BCUT2D eigenvalue weighted by Crippen LogP contribution is 2.55. The average Bonchev–Trinajstić information content (AvgIpc) is 3.60. The Morgan fingerprint density at radius 2 is 1.90 bits per heavy atom. The average molecular weight is 578 g/mol. The van der Waals surface area contributed by atoms with Crippen LogP contribution in [0.2, 0.25) is 0 Å². The summed E-state index contributed by atoms with van der Waals surface area (Å²) in [5.41, 5.74) is 0.0892. The number of hydrogen-bond donors (Lipinski definition) is 2. The van der Waals surface area contributed by atoms with Gasteiger partial charge >= 0.3 is 0 Å². The van der Waals surface area contributed by atoms with Gasteiger partial charge in [0.2, 0.25) is 17.7 Å². The van der Waals surface area contributed by atoms with Crippen molar-refractivity contribution < 1.29 is 23.5 Å². The molecule has 7 nitrogen and oxygen atoms in total. The van der Waals surface area contributed by atoms with Crippen molar-refractivity contribution in [2.45, 2.75) is 68.3 Å². The van der Waals surface area contributed by atoms with Crippen LogP contribution in [0.4, 0.5) is 10.1 Å². The molecule has 2 bridgehead atoms. The SMILES string of the molecule is CSc1cccc(NC(=O)[C@@H]2[C@@H]3C=C[C@]4(O3)[C@@H]2C(=O)N(Cc2ccc(F)cc2)[C@H]4C(=O)N[C@@H]2CCC[C@@H](C)[C@@H]2C)c1. The maximum absolute atomic E-state index is 14.2. The van der Waals surface area contributed by atoms with E-state index in [2.05, 4.69) is 24.5 Å². The number of anilines is 1. The highest BCUT2D eigenvalue weighted by Gasteiger charge is 2.72. The number of carbonyl (C=O) groups excluding carboxylic acids is 3. The predicted octanol–water partition coefficient (Wildman–Crippen LogP) is 4.78. The lowest BCUT2D eigenvalue weighted by Gasteiger charge is -2.38. The Morgan fingerprint density at radius 1 is 1.12 bits per heavy atom. The summed E-state index contributed by atoms with van der Waals surface area (Å²) in [6, 6.07) is 12.5. The summed E-state index contributed by atoms with van der Waals surface area (Å²) >= 11 is 1.57. The molecule has 1 spiro atoms. The Hall–Kier alpha value is -3.17. The van der Waals surface area contributed by atoms with Crippen molar-refractivity contribution in [1.29, 1.82) is 0 Å². The van der Waals surface area contributed by atoms with E-state index in [1.54, 1.807) is 23.9 Å². The Balaban J connectivity index is 1.32. The number of likely N-dealkylation sites (tertiary alicyclic amines) is 1. The van der Waals surface area contributed by atoms with Crippen molar-refractivity contribution in [3.8, 4) is 0 Å². The molecule has 0 radical (unpaired) electrons. The second-order valence-corrected chi connectivity index (χ2v) is 12.8. The summed E-state index contributed by atoms with van der Waals surface area (Å²) in [7, 11) is 0. The molecule has 2 N–H and O–H groups in total. The first-order valence-corrected chi connectivity index (χ1v) is 15.6. The van der Waals surface area contributed by atoms with Crippen LogP contribution in [0.5, 0.6) is 0 Å². The minimum atomic E-state index is -1.25. The van der Waals surface area contributed by atoms with Crippen LogP contribution >= 0.6 is 11.8 Å². The summed E-state index contributed by atoms with van der Waals surface area (Å²) in [5.74, 6) is -2.11. The molecule has 216 valence electrons. The first-order chi connectivity index (χ1) is 19.7. The van der Waals surface area contributed by atoms with E-state index in [4.69, 9.17) is 4.74 Å². The molecule has 1 aliphatic carbocycles. The Bertz CT molecular complexity index is 1380. The Morgan fingerprint density at radius 3 is 2.66 bits per heavy atom. The third kappa shape index (κ3) is 4.87. The largest absolute Gasteiger partial charge is 0.359 e. The van der Waals surface area contributed by atoms with Crippen molar-refractivity contribution in [2.24, 2.45) is 23.7 Å². The molecule has 0 aromatic heterocycles. The number of hydrogen-bond acceptors (Lipinski definition) is 5. The number of fused-ring (bicyclic) bond motifs is 1. The summed E-state index contributed by atoms with van der Waals surface area (Å²) in [6.45, 7) is 4.48. The molecule has 2 saturated heterocycles. The summed E-state index contributed by atoms with van der Waals surface area (Å²) in [4.78, 5) is 44.6. The summed E-state index contributed by atoms with van der Waals surface area (Å²) in [5, 5.41) is 6.25. The smallest absolute Gasteiger partial charge is 0.246 e. The molecule has 2 aromatic rings. The van der Waals surface area contributed by atoms with Crippen LogP contribution in [-0.4, -0.2) is 52.7 Å². The topological polar surface area (TPSA) is 87.7 Å². The fourth-order valence-electron chi connectivity index (χ4n) is 7.20. The van der Waals surface area contributed by atoms with Crippen molar-refractivity contribution in [1.82, 2.24) is 10.2 Å². The van der Waals surface area contributed by atoms with Crippen LogP contribution < -0.4 is 10.6 Å². The van der Waals surface area contributed by atoms with E-state index in [1.165, 1.54) is 17.0 Å². The van der Waals surface area contributed by atoms with Gasteiger partial charge in [-0.15, -0.1) is 11.8 Å². The van der Waals surface area contributed by atoms with Crippen LogP contribution in [0.15, 0.2) is 65.6 Å². The van der Waals surface area contributed by atoms with Gasteiger partial charge in [0.15, 0.2) is 0 Å². The molecule has 3 fully saturated rings. The molecule has 2 aromatic carbocycles. The van der Waals surface area contributed by atoms with E-state index < -0.39 is 29.6 Å². The molecule has 3 amide bonds. The van der Waals surface area contributed by atoms with Gasteiger partial charge in [-0.05, 0) is 60.4 Å². The zero-order valence-electron chi connectivity index (χ0n) is 23.5. The van der Waals surface area contributed by atoms with E-state index in [-0.39, 0.29) is 36.1 Å². The maximum atomic E-state index is 14.2. The number of carbonyl (C=O) groups is 3. The lowest BCUT2D eigenvalue weighted by molar-refractivity contribution is -0.142. The van der Waals surface area contributed by atoms with E-state index in [0.717, 1.165) is 24.2 Å². The quantitative estimate of drug-likeness (QED) is 0.366. The van der Waals surface area contributed by atoms with Gasteiger partial charge in [0, 0.05) is 23.2 Å². The van der Waals surface area contributed by atoms with Crippen LogP contribution in [0, 0.1) is 29.5 Å². The highest BCUT2D eigenvalue weighted by molar-refractivity contribution is 7.98. The normalized spacial score (nSPS) is 33.6. The van der Waals surface area contributed by atoms with Crippen LogP contribution in [0.3, 0.4) is 0 Å². The first-order valence-electron chi connectivity index (χ1n) is 14.4. The van der Waals surface area contributed by atoms with E-state index in [0.29, 0.717) is 23.1 Å². The van der Waals surface area contributed by atoms with E-state index >= 15 is 0 Å². The molecule has 8 atom stereocenters. The standard InChI is InChI=1S/C32H36FN3O4S/c1-18-6-4-9-24(19(18)2)35-30(38)28-32-15-14-25(40-32)26(29(37)34-22-7-5-8-23(16-22)41-3)27(32)31(39)36(28)17-20-10-12-21(33)13-11-20/h5,7-8,10-16,18-19,24-28H,4,6,9,17H2,1-3H3,(H,34,37)(H,35,38)/t18-,19+,24-,25+,26-,27+,28+,32+/m1/s1. The minimum absolute atomic E-state index is 0.00476. The summed E-state index contributed by atoms with van der Waals surface area (Å²) in [6.07, 6.45) is 8.04. The van der Waals surface area contributed by atoms with Gasteiger partial charge in [-0.25, -0.2) is 4.39 Å². The lowest BCUT2D eigenvalue weighted by atomic mass is 9.73. The van der Waals surface area contributed by atoms with Crippen molar-refractivity contribution in [3.05, 3.63) is 72.1 Å². The fourth-order valence-corrected chi connectivity index (χ4v) is 7.66. The number of rotatable bonds is 7. The van der Waals surface area contributed by atoms with Gasteiger partial charge in [-0.3, -0.25) is 14.4 Å². The third-order valence-electron chi connectivity index (χ3n) is 9.56. The molecular weight excluding hydrogens is 541 g/mol. The number of ether oxygens (including phenoxy) is 1. The fraction of sp³-hybridized carbons (Fsp3) is 0.469. The highest BCUT2D eigenvalue weighted by atomic mass is 32.2. The number of benzene rings is 2. The van der Waals surface area contributed by atoms with Gasteiger partial charge in [-0.1, -0.05) is 57.0 Å². The number of amides is 3. The van der Waals surface area contributed by atoms with E-state index in [9.17, 15) is 18.8 Å². The van der Waals surface area contributed by atoms with E-state index in [1.807, 2.05) is 42.7 Å². The number of thioether (sulfide) groups is 1. The molecule has 0 unspecified atom stereocenters.